The molecule has 4 nitrogen and oxygen atoms in total. The van der Waals surface area contributed by atoms with Crippen molar-refractivity contribution in [2.75, 3.05) is 14.2 Å². The number of unbranched alkanes of at least 4 members (excludes halogenated alkanes) is 4. The highest BCUT2D eigenvalue weighted by atomic mass is 16.5. The Kier molecular flexibility index (Phi) is 6.16. The van der Waals surface area contributed by atoms with Gasteiger partial charge in [-0.2, -0.15) is 0 Å². The summed E-state index contributed by atoms with van der Waals surface area (Å²) < 4.78 is 13.2. The second kappa shape index (κ2) is 8.75. The normalized spacial score (nSPS) is 11.0. The first-order valence-electron chi connectivity index (χ1n) is 9.46. The van der Waals surface area contributed by atoms with Crippen LogP contribution in [0.3, 0.4) is 0 Å². The minimum atomic E-state index is 0.728. The third-order valence-corrected chi connectivity index (χ3v) is 4.78. The van der Waals surface area contributed by atoms with Crippen LogP contribution in [0.2, 0.25) is 0 Å². The molecule has 0 spiro atoms. The molecule has 0 unspecified atom stereocenters. The first-order valence-corrected chi connectivity index (χ1v) is 9.46. The molecule has 138 valence electrons. The van der Waals surface area contributed by atoms with Gasteiger partial charge in [0.1, 0.15) is 5.82 Å². The maximum atomic E-state index is 5.48. The summed E-state index contributed by atoms with van der Waals surface area (Å²) in [6.45, 7) is 3.23. The van der Waals surface area contributed by atoms with Gasteiger partial charge in [0, 0.05) is 12.1 Å². The highest BCUT2D eigenvalue weighted by molar-refractivity contribution is 5.81. The molecule has 0 bridgehead atoms. The molecular weight excluding hydrogens is 324 g/mol. The summed E-state index contributed by atoms with van der Waals surface area (Å²) >= 11 is 0. The summed E-state index contributed by atoms with van der Waals surface area (Å²) in [6.07, 6.45) is 6.30. The van der Waals surface area contributed by atoms with E-state index in [0.29, 0.717) is 0 Å². The number of aromatic nitrogens is 2. The molecule has 4 heteroatoms. The summed E-state index contributed by atoms with van der Waals surface area (Å²) in [4.78, 5) is 4.90. The molecule has 3 rings (SSSR count). The maximum Gasteiger partial charge on any atom is 0.161 e. The minimum absolute atomic E-state index is 0.728. The molecule has 0 fully saturated rings. The summed E-state index contributed by atoms with van der Waals surface area (Å²) in [5.74, 6) is 2.45. The number of imidazole rings is 1. The fourth-order valence-corrected chi connectivity index (χ4v) is 3.37. The fraction of sp³-hybridized carbons (Fsp3) is 0.409. The van der Waals surface area contributed by atoms with Gasteiger partial charge in [-0.15, -0.1) is 0 Å². The van der Waals surface area contributed by atoms with E-state index in [1.807, 2.05) is 18.2 Å². The third kappa shape index (κ3) is 3.85. The molecule has 0 aliphatic rings. The maximum absolute atomic E-state index is 5.48. The Balaban J connectivity index is 1.95. The third-order valence-electron chi connectivity index (χ3n) is 4.78. The Labute approximate surface area is 155 Å². The lowest BCUT2D eigenvalue weighted by Crippen LogP contribution is -2.01. The molecule has 0 amide bonds. The average molecular weight is 352 g/mol. The van der Waals surface area contributed by atoms with Crippen LogP contribution in [-0.4, -0.2) is 23.8 Å². The van der Waals surface area contributed by atoms with Crippen molar-refractivity contribution in [2.24, 2.45) is 0 Å². The molecule has 26 heavy (non-hydrogen) atoms. The van der Waals surface area contributed by atoms with E-state index in [-0.39, 0.29) is 0 Å². The first-order chi connectivity index (χ1) is 12.8. The van der Waals surface area contributed by atoms with Crippen molar-refractivity contribution in [1.29, 1.82) is 0 Å². The highest BCUT2D eigenvalue weighted by Gasteiger charge is 2.14. The van der Waals surface area contributed by atoms with Gasteiger partial charge in [0.25, 0.3) is 0 Å². The number of ether oxygens (including phenoxy) is 2. The lowest BCUT2D eigenvalue weighted by Gasteiger charge is -2.12. The smallest absolute Gasteiger partial charge is 0.161 e. The predicted octanol–water partition coefficient (Wildman–Crippen LogP) is 5.69. The topological polar surface area (TPSA) is 36.3 Å². The second-order valence-electron chi connectivity index (χ2n) is 6.56. The van der Waals surface area contributed by atoms with E-state index in [4.69, 9.17) is 14.5 Å². The van der Waals surface area contributed by atoms with Gasteiger partial charge in [0.05, 0.1) is 25.3 Å². The predicted molar refractivity (Wildman–Crippen MR) is 107 cm³/mol. The molecule has 0 aliphatic heterocycles. The Bertz CT molecular complexity index is 854. The molecule has 0 radical (unpaired) electrons. The molecule has 2 aromatic carbocycles. The number of hydrogen-bond donors (Lipinski definition) is 0. The van der Waals surface area contributed by atoms with Gasteiger partial charge in [-0.3, -0.25) is 0 Å². The van der Waals surface area contributed by atoms with Gasteiger partial charge in [0.15, 0.2) is 11.5 Å². The first kappa shape index (κ1) is 18.3. The number of benzene rings is 2. The minimum Gasteiger partial charge on any atom is -0.493 e. The molecule has 0 atom stereocenters. The second-order valence-corrected chi connectivity index (χ2v) is 6.56. The van der Waals surface area contributed by atoms with E-state index in [9.17, 15) is 0 Å². The molecule has 3 aromatic rings. The number of fused-ring (bicyclic) bond motifs is 1. The summed E-state index contributed by atoms with van der Waals surface area (Å²) in [5.41, 5.74) is 3.27. The number of methoxy groups -OCH3 is 2. The zero-order valence-electron chi connectivity index (χ0n) is 16.0. The van der Waals surface area contributed by atoms with Gasteiger partial charge in [-0.1, -0.05) is 44.7 Å². The lowest BCUT2D eigenvalue weighted by molar-refractivity contribution is 0.355. The number of nitrogens with zero attached hydrogens (tertiary/aromatic N) is 2. The van der Waals surface area contributed by atoms with Crippen LogP contribution in [0.1, 0.15) is 39.0 Å². The Morgan fingerprint density at radius 1 is 0.885 bits per heavy atom. The molecule has 0 N–H and O–H groups in total. The molecule has 0 saturated heterocycles. The molecule has 0 aliphatic carbocycles. The largest absolute Gasteiger partial charge is 0.493 e. The van der Waals surface area contributed by atoms with Crippen LogP contribution in [0, 0.1) is 0 Å². The Morgan fingerprint density at radius 2 is 1.65 bits per heavy atom. The van der Waals surface area contributed by atoms with Crippen molar-refractivity contribution >= 4 is 11.0 Å². The van der Waals surface area contributed by atoms with Crippen LogP contribution >= 0.6 is 0 Å². The molecule has 0 saturated carbocycles. The quantitative estimate of drug-likeness (QED) is 0.464. The number of hydrogen-bond acceptors (Lipinski definition) is 3. The van der Waals surface area contributed by atoms with Crippen molar-refractivity contribution in [3.05, 3.63) is 42.5 Å². The van der Waals surface area contributed by atoms with Crippen LogP contribution in [0.5, 0.6) is 11.5 Å². The SMILES string of the molecule is CCCCCCCn1c(-c2ccc(OC)c(OC)c2)nc2ccccc21. The fourth-order valence-electron chi connectivity index (χ4n) is 3.37. The van der Waals surface area contributed by atoms with Gasteiger partial charge < -0.3 is 14.0 Å². The Morgan fingerprint density at radius 3 is 2.42 bits per heavy atom. The van der Waals surface area contributed by atoms with E-state index in [0.717, 1.165) is 34.9 Å². The van der Waals surface area contributed by atoms with Gasteiger partial charge in [-0.05, 0) is 36.8 Å². The monoisotopic (exact) mass is 352 g/mol. The lowest BCUT2D eigenvalue weighted by atomic mass is 10.1. The molecular formula is C22H28N2O2. The van der Waals surface area contributed by atoms with Crippen LogP contribution in [0.4, 0.5) is 0 Å². The van der Waals surface area contributed by atoms with E-state index in [1.54, 1.807) is 14.2 Å². The average Bonchev–Trinajstić information content (AvgIpc) is 3.06. The summed E-state index contributed by atoms with van der Waals surface area (Å²) in [6, 6.07) is 14.4. The number of rotatable bonds is 9. The van der Waals surface area contributed by atoms with Crippen molar-refractivity contribution in [1.82, 2.24) is 9.55 Å². The van der Waals surface area contributed by atoms with Crippen LogP contribution in [-0.2, 0) is 6.54 Å². The van der Waals surface area contributed by atoms with E-state index in [2.05, 4.69) is 35.8 Å². The summed E-state index contributed by atoms with van der Waals surface area (Å²) in [7, 11) is 3.32. The van der Waals surface area contributed by atoms with Gasteiger partial charge in [-0.25, -0.2) is 4.98 Å². The zero-order chi connectivity index (χ0) is 18.4. The van der Waals surface area contributed by atoms with E-state index in [1.165, 1.54) is 37.6 Å². The van der Waals surface area contributed by atoms with E-state index < -0.39 is 0 Å². The van der Waals surface area contributed by atoms with E-state index >= 15 is 0 Å². The van der Waals surface area contributed by atoms with Crippen LogP contribution in [0.15, 0.2) is 42.5 Å². The van der Waals surface area contributed by atoms with Gasteiger partial charge >= 0.3 is 0 Å². The van der Waals surface area contributed by atoms with Crippen LogP contribution in [0.25, 0.3) is 22.4 Å². The zero-order valence-corrected chi connectivity index (χ0v) is 16.0. The van der Waals surface area contributed by atoms with Gasteiger partial charge in [0.2, 0.25) is 0 Å². The number of para-hydroxylation sites is 2. The Hall–Kier alpha value is -2.49. The van der Waals surface area contributed by atoms with Crippen molar-refractivity contribution in [3.63, 3.8) is 0 Å². The van der Waals surface area contributed by atoms with Crippen molar-refractivity contribution in [2.45, 2.75) is 45.6 Å². The molecule has 1 heterocycles. The van der Waals surface area contributed by atoms with Crippen molar-refractivity contribution in [3.8, 4) is 22.9 Å². The standard InChI is InChI=1S/C22H28N2O2/c1-4-5-6-7-10-15-24-19-12-9-8-11-18(19)23-22(24)17-13-14-20(25-2)21(16-17)26-3/h8-9,11-14,16H,4-7,10,15H2,1-3H3. The highest BCUT2D eigenvalue weighted by Crippen LogP contribution is 2.33. The summed E-state index contributed by atoms with van der Waals surface area (Å²) in [5, 5.41) is 0. The van der Waals surface area contributed by atoms with Crippen LogP contribution < -0.4 is 9.47 Å². The molecule has 1 aromatic heterocycles. The van der Waals surface area contributed by atoms with Crippen molar-refractivity contribution < 1.29 is 9.47 Å². The number of aryl methyl sites for hydroxylation is 1.